The molecule has 2 aromatic carbocycles. The van der Waals surface area contributed by atoms with Crippen LogP contribution in [0, 0.1) is 0 Å². The lowest BCUT2D eigenvalue weighted by Gasteiger charge is -2.04. The van der Waals surface area contributed by atoms with E-state index in [1.807, 2.05) is 0 Å². The van der Waals surface area contributed by atoms with Crippen LogP contribution in [0.1, 0.15) is 33.2 Å². The van der Waals surface area contributed by atoms with Gasteiger partial charge in [0.05, 0.1) is 26.2 Å². The lowest BCUT2D eigenvalue weighted by molar-refractivity contribution is 0.0952. The molecule has 6 nitrogen and oxygen atoms in total. The quantitative estimate of drug-likeness (QED) is 0.390. The molecule has 0 saturated heterocycles. The number of carbonyl (C=O) groups is 2. The average molecular weight is 448 g/mol. The molecule has 29 heavy (non-hydrogen) atoms. The van der Waals surface area contributed by atoms with Crippen LogP contribution in [0.3, 0.4) is 0 Å². The number of hydrogen-bond donors (Lipinski definition) is 3. The summed E-state index contributed by atoms with van der Waals surface area (Å²) in [5, 5.41) is 17.2. The number of rotatable bonds is 5. The summed E-state index contributed by atoms with van der Waals surface area (Å²) >= 11 is 13.3. The van der Waals surface area contributed by atoms with Crippen LogP contribution >= 0.6 is 34.5 Å². The van der Waals surface area contributed by atoms with Crippen molar-refractivity contribution in [2.75, 3.05) is 0 Å². The summed E-state index contributed by atoms with van der Waals surface area (Å²) in [6.07, 6.45) is 0. The molecule has 0 saturated carbocycles. The van der Waals surface area contributed by atoms with Gasteiger partial charge >= 0.3 is 0 Å². The molecular formula is C20H15Cl2N3O3S. The Balaban J connectivity index is 1.78. The van der Waals surface area contributed by atoms with Crippen molar-refractivity contribution in [3.8, 4) is 16.2 Å². The minimum Gasteiger partial charge on any atom is -0.506 e. The first-order valence-electron chi connectivity index (χ1n) is 8.28. The zero-order valence-electron chi connectivity index (χ0n) is 15.1. The Bertz CT molecular complexity index is 1120. The number of amides is 2. The van der Waals surface area contributed by atoms with E-state index in [1.54, 1.807) is 30.5 Å². The van der Waals surface area contributed by atoms with Crippen molar-refractivity contribution in [1.82, 2.24) is 5.43 Å². The predicted molar refractivity (Wildman–Crippen MR) is 116 cm³/mol. The third-order valence-electron chi connectivity index (χ3n) is 4.09. The smallest absolute Gasteiger partial charge is 0.271 e. The van der Waals surface area contributed by atoms with Gasteiger partial charge in [-0.2, -0.15) is 5.10 Å². The number of aromatic hydroxyl groups is 1. The summed E-state index contributed by atoms with van der Waals surface area (Å²) in [5.74, 6) is -0.994. The fraction of sp³-hybridized carbons (Fsp3) is 0.0500. The molecule has 148 valence electrons. The van der Waals surface area contributed by atoms with Crippen LogP contribution in [0.15, 0.2) is 52.9 Å². The van der Waals surface area contributed by atoms with E-state index < -0.39 is 11.8 Å². The van der Waals surface area contributed by atoms with Crippen LogP contribution in [0.2, 0.25) is 10.0 Å². The van der Waals surface area contributed by atoms with Crippen molar-refractivity contribution < 1.29 is 14.7 Å². The fourth-order valence-corrected chi connectivity index (χ4v) is 3.80. The van der Waals surface area contributed by atoms with Crippen LogP contribution < -0.4 is 11.2 Å². The number of primary amides is 1. The number of thiophene rings is 1. The number of carbonyl (C=O) groups excluding carboxylic acids is 2. The van der Waals surface area contributed by atoms with Crippen LogP contribution in [-0.2, 0) is 0 Å². The highest BCUT2D eigenvalue weighted by Gasteiger charge is 2.16. The zero-order chi connectivity index (χ0) is 21.1. The summed E-state index contributed by atoms with van der Waals surface area (Å²) < 4.78 is 0. The highest BCUT2D eigenvalue weighted by Crippen LogP contribution is 2.40. The second-order valence-electron chi connectivity index (χ2n) is 6.04. The molecule has 3 aromatic rings. The van der Waals surface area contributed by atoms with Gasteiger partial charge in [-0.3, -0.25) is 9.59 Å². The van der Waals surface area contributed by atoms with Crippen LogP contribution in [-0.4, -0.2) is 22.6 Å². The molecule has 0 fully saturated rings. The fourth-order valence-electron chi connectivity index (χ4n) is 2.50. The van der Waals surface area contributed by atoms with Gasteiger partial charge in [0.15, 0.2) is 0 Å². The SMILES string of the molecule is C/C(=N\NC(=O)c1ccc(C(N)=O)cc1)c1csc(-c2ccc(Cl)c(Cl)c2)c1O. The monoisotopic (exact) mass is 447 g/mol. The Morgan fingerprint density at radius 1 is 1.07 bits per heavy atom. The van der Waals surface area contributed by atoms with Crippen molar-refractivity contribution in [3.05, 3.63) is 74.6 Å². The van der Waals surface area contributed by atoms with Gasteiger partial charge < -0.3 is 10.8 Å². The third kappa shape index (κ3) is 4.59. The van der Waals surface area contributed by atoms with Crippen molar-refractivity contribution in [2.45, 2.75) is 6.92 Å². The summed E-state index contributed by atoms with van der Waals surface area (Å²) in [4.78, 5) is 23.9. The van der Waals surface area contributed by atoms with Crippen molar-refractivity contribution in [2.24, 2.45) is 10.8 Å². The molecule has 0 bridgehead atoms. The van der Waals surface area contributed by atoms with E-state index in [4.69, 9.17) is 28.9 Å². The molecule has 0 aliphatic rings. The molecule has 0 aliphatic heterocycles. The van der Waals surface area contributed by atoms with Gasteiger partial charge in [-0.05, 0) is 48.9 Å². The number of nitrogens with zero attached hydrogens (tertiary/aromatic N) is 1. The molecule has 2 amide bonds. The maximum atomic E-state index is 12.2. The molecule has 9 heteroatoms. The highest BCUT2D eigenvalue weighted by atomic mass is 35.5. The lowest BCUT2D eigenvalue weighted by atomic mass is 10.1. The predicted octanol–water partition coefficient (Wildman–Crippen LogP) is 4.68. The normalized spacial score (nSPS) is 11.3. The Morgan fingerprint density at radius 2 is 1.72 bits per heavy atom. The Hall–Kier alpha value is -2.87. The van der Waals surface area contributed by atoms with Crippen LogP contribution in [0.4, 0.5) is 0 Å². The van der Waals surface area contributed by atoms with E-state index in [0.29, 0.717) is 37.3 Å². The summed E-state index contributed by atoms with van der Waals surface area (Å²) in [6, 6.07) is 11.0. The van der Waals surface area contributed by atoms with Gasteiger partial charge in [0.2, 0.25) is 5.91 Å². The zero-order valence-corrected chi connectivity index (χ0v) is 17.4. The van der Waals surface area contributed by atoms with Crippen LogP contribution in [0.25, 0.3) is 10.4 Å². The van der Waals surface area contributed by atoms with E-state index in [1.165, 1.54) is 35.6 Å². The third-order valence-corrected chi connectivity index (χ3v) is 5.85. The summed E-state index contributed by atoms with van der Waals surface area (Å²) in [5.41, 5.74) is 9.86. The van der Waals surface area contributed by atoms with E-state index in [2.05, 4.69) is 10.5 Å². The molecule has 1 heterocycles. The lowest BCUT2D eigenvalue weighted by Crippen LogP contribution is -2.19. The van der Waals surface area contributed by atoms with Gasteiger partial charge in [-0.25, -0.2) is 5.43 Å². The maximum absolute atomic E-state index is 12.2. The Morgan fingerprint density at radius 3 is 2.34 bits per heavy atom. The number of nitrogens with one attached hydrogen (secondary N) is 1. The minimum absolute atomic E-state index is 0.0368. The molecule has 0 spiro atoms. The first-order chi connectivity index (χ1) is 13.8. The van der Waals surface area contributed by atoms with E-state index in [0.717, 1.165) is 5.56 Å². The molecule has 4 N–H and O–H groups in total. The van der Waals surface area contributed by atoms with Crippen molar-refractivity contribution >= 4 is 52.1 Å². The van der Waals surface area contributed by atoms with E-state index >= 15 is 0 Å². The van der Waals surface area contributed by atoms with E-state index in [-0.39, 0.29) is 5.75 Å². The number of halogens is 2. The van der Waals surface area contributed by atoms with Gasteiger partial charge in [-0.1, -0.05) is 29.3 Å². The maximum Gasteiger partial charge on any atom is 0.271 e. The number of benzene rings is 2. The topological polar surface area (TPSA) is 105 Å². The Labute approximate surface area is 180 Å². The standard InChI is InChI=1S/C20H15Cl2N3O3S/c1-10(24-25-20(28)12-4-2-11(3-5-12)19(23)27)14-9-29-18(17(14)26)13-6-7-15(21)16(22)8-13/h2-9,26H,1H3,(H2,23,27)(H,25,28)/b24-10+. The first-order valence-corrected chi connectivity index (χ1v) is 9.92. The van der Waals surface area contributed by atoms with Gasteiger partial charge in [0.25, 0.3) is 5.91 Å². The Kier molecular flexibility index (Phi) is 6.22. The van der Waals surface area contributed by atoms with Gasteiger partial charge in [0, 0.05) is 16.5 Å². The largest absolute Gasteiger partial charge is 0.506 e. The first kappa shape index (κ1) is 20.9. The van der Waals surface area contributed by atoms with Gasteiger partial charge in [-0.15, -0.1) is 11.3 Å². The molecule has 0 atom stereocenters. The number of nitrogens with two attached hydrogens (primary N) is 1. The molecular weight excluding hydrogens is 433 g/mol. The molecule has 3 rings (SSSR count). The summed E-state index contributed by atoms with van der Waals surface area (Å²) in [6.45, 7) is 1.66. The second kappa shape index (κ2) is 8.65. The number of hydrogen-bond acceptors (Lipinski definition) is 5. The minimum atomic E-state index is -0.573. The molecule has 0 radical (unpaired) electrons. The van der Waals surface area contributed by atoms with Crippen molar-refractivity contribution in [3.63, 3.8) is 0 Å². The van der Waals surface area contributed by atoms with Crippen molar-refractivity contribution in [1.29, 1.82) is 0 Å². The summed E-state index contributed by atoms with van der Waals surface area (Å²) in [7, 11) is 0. The second-order valence-corrected chi connectivity index (χ2v) is 7.73. The van der Waals surface area contributed by atoms with Crippen LogP contribution in [0.5, 0.6) is 5.75 Å². The molecule has 0 unspecified atom stereocenters. The van der Waals surface area contributed by atoms with Gasteiger partial charge in [0.1, 0.15) is 5.75 Å². The molecule has 0 aliphatic carbocycles. The molecule has 1 aromatic heterocycles. The highest BCUT2D eigenvalue weighted by molar-refractivity contribution is 7.14. The number of hydrazone groups is 1. The van der Waals surface area contributed by atoms with E-state index in [9.17, 15) is 14.7 Å². The average Bonchev–Trinajstić information content (AvgIpc) is 3.09.